The summed E-state index contributed by atoms with van der Waals surface area (Å²) in [7, 11) is 0. The zero-order chi connectivity index (χ0) is 14.0. The zero-order valence-corrected chi connectivity index (χ0v) is 12.4. The summed E-state index contributed by atoms with van der Waals surface area (Å²) in [4.78, 5) is 2.21. The first-order chi connectivity index (χ1) is 8.24. The van der Waals surface area contributed by atoms with E-state index in [0.29, 0.717) is 6.54 Å². The lowest BCUT2D eigenvalue weighted by atomic mass is 9.84. The number of aliphatic hydroxyl groups is 2. The topological polar surface area (TPSA) is 52.9 Å². The van der Waals surface area contributed by atoms with Crippen LogP contribution in [0.3, 0.4) is 0 Å². The highest BCUT2D eigenvalue weighted by molar-refractivity contribution is 5.02. The fourth-order valence-corrected chi connectivity index (χ4v) is 3.03. The van der Waals surface area contributed by atoms with Gasteiger partial charge in [0.25, 0.3) is 0 Å². The van der Waals surface area contributed by atoms with Crippen LogP contribution < -0.4 is 0 Å². The van der Waals surface area contributed by atoms with Crippen LogP contribution >= 0.6 is 0 Å². The van der Waals surface area contributed by atoms with Gasteiger partial charge in [-0.05, 0) is 40.7 Å². The molecule has 18 heavy (non-hydrogen) atoms. The number of hydrogen-bond donors (Lipinski definition) is 2. The molecule has 0 saturated carbocycles. The Kier molecular flexibility index (Phi) is 5.18. The average Bonchev–Trinajstić information content (AvgIpc) is 2.37. The van der Waals surface area contributed by atoms with Crippen LogP contribution in [0.5, 0.6) is 0 Å². The number of aliphatic hydroxyl groups excluding tert-OH is 2. The highest BCUT2D eigenvalue weighted by Crippen LogP contribution is 2.42. The molecule has 0 aromatic carbocycles. The van der Waals surface area contributed by atoms with E-state index in [2.05, 4.69) is 11.8 Å². The maximum atomic E-state index is 10.4. The largest absolute Gasteiger partial charge is 0.395 e. The molecule has 0 amide bonds. The molecular formula is C14H29NO3. The molecular weight excluding hydrogens is 230 g/mol. The third-order valence-electron chi connectivity index (χ3n) is 3.92. The first-order valence-electron chi connectivity index (χ1n) is 6.96. The molecule has 0 spiro atoms. The van der Waals surface area contributed by atoms with E-state index in [1.54, 1.807) is 0 Å². The predicted molar refractivity (Wildman–Crippen MR) is 72.6 cm³/mol. The van der Waals surface area contributed by atoms with Gasteiger partial charge in [0.1, 0.15) is 0 Å². The normalized spacial score (nSPS) is 30.0. The molecule has 2 unspecified atom stereocenters. The van der Waals surface area contributed by atoms with E-state index in [-0.39, 0.29) is 18.1 Å². The summed E-state index contributed by atoms with van der Waals surface area (Å²) in [6, 6.07) is 0. The van der Waals surface area contributed by atoms with Gasteiger partial charge >= 0.3 is 0 Å². The number of hydrogen-bond acceptors (Lipinski definition) is 4. The van der Waals surface area contributed by atoms with Gasteiger partial charge in [0.2, 0.25) is 0 Å². The van der Waals surface area contributed by atoms with Crippen LogP contribution in [0.15, 0.2) is 0 Å². The second kappa shape index (κ2) is 5.87. The van der Waals surface area contributed by atoms with Gasteiger partial charge < -0.3 is 19.8 Å². The Labute approximate surface area is 111 Å². The smallest absolute Gasteiger partial charge is 0.0896 e. The van der Waals surface area contributed by atoms with Gasteiger partial charge in [-0.25, -0.2) is 0 Å². The summed E-state index contributed by atoms with van der Waals surface area (Å²) in [6.07, 6.45) is 0.582. The highest BCUT2D eigenvalue weighted by atomic mass is 16.5. The van der Waals surface area contributed by atoms with Crippen LogP contribution in [0.2, 0.25) is 0 Å². The molecule has 1 saturated heterocycles. The van der Waals surface area contributed by atoms with Crippen molar-refractivity contribution in [1.82, 2.24) is 4.90 Å². The van der Waals surface area contributed by atoms with Gasteiger partial charge in [-0.2, -0.15) is 0 Å². The van der Waals surface area contributed by atoms with Crippen molar-refractivity contribution in [2.24, 2.45) is 5.92 Å². The van der Waals surface area contributed by atoms with Gasteiger partial charge in [-0.1, -0.05) is 6.92 Å². The van der Waals surface area contributed by atoms with Crippen LogP contribution in [0.1, 0.15) is 41.0 Å². The highest BCUT2D eigenvalue weighted by Gasteiger charge is 2.53. The summed E-state index contributed by atoms with van der Waals surface area (Å²) >= 11 is 0. The van der Waals surface area contributed by atoms with Crippen molar-refractivity contribution in [3.8, 4) is 0 Å². The SMILES string of the molecule is CCCN(CCO)CC1C(O)C(C)(C)OC1(C)C. The number of nitrogens with zero attached hydrogens (tertiary/aromatic N) is 1. The van der Waals surface area contributed by atoms with Crippen molar-refractivity contribution in [2.75, 3.05) is 26.2 Å². The summed E-state index contributed by atoms with van der Waals surface area (Å²) < 4.78 is 5.98. The number of rotatable bonds is 6. The zero-order valence-electron chi connectivity index (χ0n) is 12.4. The lowest BCUT2D eigenvalue weighted by Crippen LogP contribution is -2.44. The molecule has 0 aromatic heterocycles. The Bertz CT molecular complexity index is 260. The molecule has 1 aliphatic rings. The molecule has 108 valence electrons. The standard InChI is InChI=1S/C14H29NO3/c1-6-7-15(8-9-16)10-11-12(17)14(4,5)18-13(11,2)3/h11-12,16-17H,6-10H2,1-5H3. The lowest BCUT2D eigenvalue weighted by molar-refractivity contribution is -0.0914. The van der Waals surface area contributed by atoms with E-state index in [4.69, 9.17) is 9.84 Å². The maximum absolute atomic E-state index is 10.4. The average molecular weight is 259 g/mol. The molecule has 0 aliphatic carbocycles. The second-order valence-corrected chi connectivity index (χ2v) is 6.38. The second-order valence-electron chi connectivity index (χ2n) is 6.38. The fraction of sp³-hybridized carbons (Fsp3) is 1.00. The molecule has 0 radical (unpaired) electrons. The summed E-state index contributed by atoms with van der Waals surface area (Å²) in [5, 5.41) is 19.5. The van der Waals surface area contributed by atoms with Crippen LogP contribution in [0.4, 0.5) is 0 Å². The Morgan fingerprint density at radius 3 is 2.11 bits per heavy atom. The van der Waals surface area contributed by atoms with E-state index in [1.165, 1.54) is 0 Å². The Morgan fingerprint density at radius 1 is 1.11 bits per heavy atom. The molecule has 4 heteroatoms. The van der Waals surface area contributed by atoms with E-state index >= 15 is 0 Å². The van der Waals surface area contributed by atoms with Gasteiger partial charge in [-0.3, -0.25) is 0 Å². The van der Waals surface area contributed by atoms with Crippen LogP contribution in [-0.4, -0.2) is 58.7 Å². The Hall–Kier alpha value is -0.160. The molecule has 1 fully saturated rings. The first-order valence-corrected chi connectivity index (χ1v) is 6.96. The van der Waals surface area contributed by atoms with Crippen LogP contribution in [0.25, 0.3) is 0 Å². The van der Waals surface area contributed by atoms with E-state index < -0.39 is 11.7 Å². The number of ether oxygens (including phenoxy) is 1. The van der Waals surface area contributed by atoms with Gasteiger partial charge in [0.05, 0.1) is 23.9 Å². The van der Waals surface area contributed by atoms with Gasteiger partial charge in [0.15, 0.2) is 0 Å². The summed E-state index contributed by atoms with van der Waals surface area (Å²) in [6.45, 7) is 12.6. The van der Waals surface area contributed by atoms with Crippen molar-refractivity contribution < 1.29 is 14.9 Å². The van der Waals surface area contributed by atoms with Crippen molar-refractivity contribution >= 4 is 0 Å². The van der Waals surface area contributed by atoms with Crippen molar-refractivity contribution in [1.29, 1.82) is 0 Å². The molecule has 1 rings (SSSR count). The quantitative estimate of drug-likeness (QED) is 0.754. The minimum atomic E-state index is -0.495. The third-order valence-corrected chi connectivity index (χ3v) is 3.92. The Balaban J connectivity index is 2.74. The van der Waals surface area contributed by atoms with Crippen molar-refractivity contribution in [3.63, 3.8) is 0 Å². The lowest BCUT2D eigenvalue weighted by Gasteiger charge is -2.32. The monoisotopic (exact) mass is 259 g/mol. The molecule has 4 nitrogen and oxygen atoms in total. The maximum Gasteiger partial charge on any atom is 0.0896 e. The van der Waals surface area contributed by atoms with Crippen molar-refractivity contribution in [2.45, 2.75) is 58.3 Å². The third kappa shape index (κ3) is 3.44. The molecule has 0 bridgehead atoms. The minimum Gasteiger partial charge on any atom is -0.395 e. The van der Waals surface area contributed by atoms with Gasteiger partial charge in [-0.15, -0.1) is 0 Å². The minimum absolute atomic E-state index is 0.0746. The molecule has 1 aliphatic heterocycles. The van der Waals surface area contributed by atoms with Gasteiger partial charge in [0, 0.05) is 19.0 Å². The van der Waals surface area contributed by atoms with E-state index in [1.807, 2.05) is 27.7 Å². The predicted octanol–water partition coefficient (Wildman–Crippen LogP) is 1.26. The van der Waals surface area contributed by atoms with E-state index in [0.717, 1.165) is 19.5 Å². The van der Waals surface area contributed by atoms with E-state index in [9.17, 15) is 5.11 Å². The molecule has 2 atom stereocenters. The molecule has 2 N–H and O–H groups in total. The molecule has 0 aromatic rings. The summed E-state index contributed by atoms with van der Waals surface area (Å²) in [5.74, 6) is 0.0746. The van der Waals surface area contributed by atoms with Crippen LogP contribution in [0, 0.1) is 5.92 Å². The van der Waals surface area contributed by atoms with Crippen molar-refractivity contribution in [3.05, 3.63) is 0 Å². The van der Waals surface area contributed by atoms with Crippen LogP contribution in [-0.2, 0) is 4.74 Å². The first kappa shape index (κ1) is 15.9. The summed E-state index contributed by atoms with van der Waals surface area (Å²) in [5.41, 5.74) is -0.824. The Morgan fingerprint density at radius 2 is 1.72 bits per heavy atom. The molecule has 1 heterocycles. The fourth-order valence-electron chi connectivity index (χ4n) is 3.03.